The first-order chi connectivity index (χ1) is 16.1. The molecule has 0 unspecified atom stereocenters. The fourth-order valence-corrected chi connectivity index (χ4v) is 5.38. The molecule has 1 aromatic heterocycles. The van der Waals surface area contributed by atoms with Crippen molar-refractivity contribution in [2.45, 2.75) is 33.1 Å². The second kappa shape index (κ2) is 7.79. The molecule has 5 aromatic rings. The SMILES string of the molecule is Cc1cc2c(cc1N1Cc3ccccc3CN(C)[C@@H]1C)c1ccccc1n2-c1ccccc1. The lowest BCUT2D eigenvalue weighted by molar-refractivity contribution is 0.248. The van der Waals surface area contributed by atoms with E-state index < -0.39 is 0 Å². The van der Waals surface area contributed by atoms with E-state index in [0.29, 0.717) is 6.17 Å². The molecule has 6 rings (SSSR count). The van der Waals surface area contributed by atoms with Crippen molar-refractivity contribution in [2.24, 2.45) is 0 Å². The van der Waals surface area contributed by atoms with E-state index in [1.807, 2.05) is 0 Å². The summed E-state index contributed by atoms with van der Waals surface area (Å²) in [6, 6.07) is 33.1. The monoisotopic (exact) mass is 431 g/mol. The Balaban J connectivity index is 1.58. The van der Waals surface area contributed by atoms with E-state index in [4.69, 9.17) is 0 Å². The molecule has 1 aliphatic rings. The maximum atomic E-state index is 2.56. The zero-order valence-electron chi connectivity index (χ0n) is 19.5. The Labute approximate surface area is 195 Å². The first-order valence-electron chi connectivity index (χ1n) is 11.7. The van der Waals surface area contributed by atoms with Gasteiger partial charge in [-0.05, 0) is 67.9 Å². The summed E-state index contributed by atoms with van der Waals surface area (Å²) in [5.74, 6) is 0. The molecule has 0 N–H and O–H groups in total. The Morgan fingerprint density at radius 1 is 0.697 bits per heavy atom. The van der Waals surface area contributed by atoms with E-state index >= 15 is 0 Å². The fraction of sp³-hybridized carbons (Fsp3) is 0.200. The number of aryl methyl sites for hydroxylation is 1. The Kier molecular flexibility index (Phi) is 4.74. The van der Waals surface area contributed by atoms with E-state index in [-0.39, 0.29) is 0 Å². The normalized spacial score (nSPS) is 16.8. The summed E-state index contributed by atoms with van der Waals surface area (Å²) < 4.78 is 2.40. The third-order valence-corrected chi connectivity index (χ3v) is 7.28. The predicted octanol–water partition coefficient (Wildman–Crippen LogP) is 6.89. The van der Waals surface area contributed by atoms with E-state index in [0.717, 1.165) is 13.1 Å². The number of anilines is 1. The molecule has 33 heavy (non-hydrogen) atoms. The third-order valence-electron chi connectivity index (χ3n) is 7.28. The molecule has 0 saturated carbocycles. The number of benzene rings is 4. The number of hydrogen-bond donors (Lipinski definition) is 0. The van der Waals surface area contributed by atoms with E-state index in [1.54, 1.807) is 0 Å². The smallest absolute Gasteiger partial charge is 0.0796 e. The lowest BCUT2D eigenvalue weighted by Crippen LogP contribution is -2.42. The van der Waals surface area contributed by atoms with Crippen molar-refractivity contribution in [2.75, 3.05) is 11.9 Å². The van der Waals surface area contributed by atoms with Crippen LogP contribution in [0, 0.1) is 6.92 Å². The van der Waals surface area contributed by atoms with E-state index in [2.05, 4.69) is 126 Å². The van der Waals surface area contributed by atoms with Gasteiger partial charge in [-0.25, -0.2) is 0 Å². The molecule has 3 nitrogen and oxygen atoms in total. The molecule has 0 saturated heterocycles. The minimum atomic E-state index is 0.302. The summed E-state index contributed by atoms with van der Waals surface area (Å²) in [5, 5.41) is 2.61. The second-order valence-electron chi connectivity index (χ2n) is 9.29. The van der Waals surface area contributed by atoms with Crippen LogP contribution in [0.4, 0.5) is 5.69 Å². The number of fused-ring (bicyclic) bond motifs is 4. The summed E-state index contributed by atoms with van der Waals surface area (Å²) in [4.78, 5) is 5.01. The largest absolute Gasteiger partial charge is 0.351 e. The molecule has 4 aromatic carbocycles. The molecule has 0 amide bonds. The van der Waals surface area contributed by atoms with E-state index in [1.165, 1.54) is 49.9 Å². The number of para-hydroxylation sites is 2. The van der Waals surface area contributed by atoms with Crippen LogP contribution in [0.2, 0.25) is 0 Å². The predicted molar refractivity (Wildman–Crippen MR) is 139 cm³/mol. The number of hydrogen-bond acceptors (Lipinski definition) is 2. The van der Waals surface area contributed by atoms with Crippen LogP contribution in [-0.4, -0.2) is 22.7 Å². The van der Waals surface area contributed by atoms with Gasteiger partial charge in [0, 0.05) is 35.2 Å². The second-order valence-corrected chi connectivity index (χ2v) is 9.29. The van der Waals surface area contributed by atoms with Crippen LogP contribution in [-0.2, 0) is 13.1 Å². The van der Waals surface area contributed by atoms with Gasteiger partial charge in [-0.15, -0.1) is 0 Å². The molecule has 0 radical (unpaired) electrons. The highest BCUT2D eigenvalue weighted by molar-refractivity contribution is 6.10. The van der Waals surface area contributed by atoms with Gasteiger partial charge in [-0.2, -0.15) is 0 Å². The standard InChI is InChI=1S/C30H29N3/c1-21-17-30-27(26-15-9-10-16-28(26)33(30)25-13-5-4-6-14-25)18-29(21)32-20-24-12-8-7-11-23(24)19-31(3)22(32)2/h4-18,22H,19-20H2,1-3H3/t22-/m0/s1. The molecule has 1 atom stereocenters. The minimum absolute atomic E-state index is 0.302. The highest BCUT2D eigenvalue weighted by atomic mass is 15.3. The zero-order valence-corrected chi connectivity index (χ0v) is 19.5. The molecule has 164 valence electrons. The van der Waals surface area contributed by atoms with Crippen LogP contribution in [0.1, 0.15) is 23.6 Å². The van der Waals surface area contributed by atoms with Crippen LogP contribution in [0.15, 0.2) is 91.0 Å². The molecule has 1 aliphatic heterocycles. The highest BCUT2D eigenvalue weighted by Gasteiger charge is 2.26. The van der Waals surface area contributed by atoms with Gasteiger partial charge >= 0.3 is 0 Å². The molecule has 2 heterocycles. The quantitative estimate of drug-likeness (QED) is 0.301. The van der Waals surface area contributed by atoms with Crippen LogP contribution >= 0.6 is 0 Å². The van der Waals surface area contributed by atoms with Crippen molar-refractivity contribution in [3.8, 4) is 5.69 Å². The average molecular weight is 432 g/mol. The molecular weight excluding hydrogens is 402 g/mol. The molecular formula is C30H29N3. The topological polar surface area (TPSA) is 11.4 Å². The van der Waals surface area contributed by atoms with Gasteiger partial charge in [0.1, 0.15) is 0 Å². The van der Waals surface area contributed by atoms with Crippen molar-refractivity contribution in [1.82, 2.24) is 9.47 Å². The van der Waals surface area contributed by atoms with Crippen LogP contribution in [0.5, 0.6) is 0 Å². The Hall–Kier alpha value is -3.56. The number of nitrogens with zero attached hydrogens (tertiary/aromatic N) is 3. The minimum Gasteiger partial charge on any atom is -0.351 e. The number of rotatable bonds is 2. The molecule has 0 aliphatic carbocycles. The van der Waals surface area contributed by atoms with Crippen LogP contribution < -0.4 is 4.90 Å². The van der Waals surface area contributed by atoms with Crippen LogP contribution in [0.3, 0.4) is 0 Å². The molecule has 0 bridgehead atoms. The maximum Gasteiger partial charge on any atom is 0.0796 e. The Bertz CT molecular complexity index is 1460. The lowest BCUT2D eigenvalue weighted by atomic mass is 10.1. The molecule has 3 heteroatoms. The molecule has 0 fully saturated rings. The van der Waals surface area contributed by atoms with Crippen molar-refractivity contribution >= 4 is 27.5 Å². The maximum absolute atomic E-state index is 2.56. The van der Waals surface area contributed by atoms with Gasteiger partial charge in [0.25, 0.3) is 0 Å². The van der Waals surface area contributed by atoms with Crippen molar-refractivity contribution < 1.29 is 0 Å². The van der Waals surface area contributed by atoms with Crippen LogP contribution in [0.25, 0.3) is 27.5 Å². The Morgan fingerprint density at radius 3 is 2.15 bits per heavy atom. The highest BCUT2D eigenvalue weighted by Crippen LogP contribution is 2.38. The summed E-state index contributed by atoms with van der Waals surface area (Å²) in [5.41, 5.74) is 9.18. The third kappa shape index (κ3) is 3.23. The van der Waals surface area contributed by atoms with Crippen molar-refractivity contribution in [3.05, 3.63) is 108 Å². The zero-order chi connectivity index (χ0) is 22.5. The van der Waals surface area contributed by atoms with Gasteiger partial charge in [-0.3, -0.25) is 4.90 Å². The van der Waals surface area contributed by atoms with E-state index in [9.17, 15) is 0 Å². The summed E-state index contributed by atoms with van der Waals surface area (Å²) in [7, 11) is 2.23. The first-order valence-corrected chi connectivity index (χ1v) is 11.7. The van der Waals surface area contributed by atoms with Gasteiger partial charge in [-0.1, -0.05) is 60.7 Å². The van der Waals surface area contributed by atoms with Gasteiger partial charge < -0.3 is 9.47 Å². The lowest BCUT2D eigenvalue weighted by Gasteiger charge is -2.35. The van der Waals surface area contributed by atoms with Gasteiger partial charge in [0.2, 0.25) is 0 Å². The Morgan fingerprint density at radius 2 is 1.36 bits per heavy atom. The van der Waals surface area contributed by atoms with Gasteiger partial charge in [0.05, 0.1) is 17.2 Å². The van der Waals surface area contributed by atoms with Crippen molar-refractivity contribution in [3.63, 3.8) is 0 Å². The number of aromatic nitrogens is 1. The average Bonchev–Trinajstić information content (AvgIpc) is 3.09. The summed E-state index contributed by atoms with van der Waals surface area (Å²) >= 11 is 0. The van der Waals surface area contributed by atoms with Crippen molar-refractivity contribution in [1.29, 1.82) is 0 Å². The first kappa shape index (κ1) is 20.1. The summed E-state index contributed by atoms with van der Waals surface area (Å²) in [6.07, 6.45) is 0.302. The summed E-state index contributed by atoms with van der Waals surface area (Å²) in [6.45, 7) is 6.47. The van der Waals surface area contributed by atoms with Gasteiger partial charge in [0.15, 0.2) is 0 Å². The molecule has 0 spiro atoms. The fourth-order valence-electron chi connectivity index (χ4n) is 5.38.